The van der Waals surface area contributed by atoms with Gasteiger partial charge < -0.3 is 10.2 Å². The molecule has 1 N–H and O–H groups in total. The molecule has 28 heavy (non-hydrogen) atoms. The molecular formula is C21H19N5OS. The predicted octanol–water partition coefficient (Wildman–Crippen LogP) is 4.31. The number of aromatic nitrogens is 3. The molecule has 0 aliphatic carbocycles. The average Bonchev–Trinajstić information content (AvgIpc) is 3.49. The van der Waals surface area contributed by atoms with Crippen LogP contribution in [0.3, 0.4) is 0 Å². The van der Waals surface area contributed by atoms with Gasteiger partial charge in [0.15, 0.2) is 5.65 Å². The van der Waals surface area contributed by atoms with Crippen molar-refractivity contribution >= 4 is 34.3 Å². The zero-order valence-corrected chi connectivity index (χ0v) is 16.0. The Morgan fingerprint density at radius 3 is 2.64 bits per heavy atom. The zero-order valence-electron chi connectivity index (χ0n) is 15.2. The van der Waals surface area contributed by atoms with Gasteiger partial charge in [0.25, 0.3) is 5.91 Å². The van der Waals surface area contributed by atoms with Gasteiger partial charge in [-0.25, -0.2) is 9.50 Å². The van der Waals surface area contributed by atoms with E-state index in [0.717, 1.165) is 29.3 Å². The number of benzene rings is 1. The van der Waals surface area contributed by atoms with Crippen molar-refractivity contribution in [2.75, 3.05) is 23.3 Å². The highest BCUT2D eigenvalue weighted by atomic mass is 32.1. The van der Waals surface area contributed by atoms with Crippen LogP contribution in [-0.4, -0.2) is 33.6 Å². The van der Waals surface area contributed by atoms with Crippen LogP contribution in [0.5, 0.6) is 0 Å². The molecule has 0 unspecified atom stereocenters. The summed E-state index contributed by atoms with van der Waals surface area (Å²) in [5, 5.41) is 9.38. The van der Waals surface area contributed by atoms with Gasteiger partial charge in [-0.2, -0.15) is 5.10 Å². The van der Waals surface area contributed by atoms with Crippen LogP contribution in [0.15, 0.2) is 60.2 Å². The zero-order chi connectivity index (χ0) is 18.9. The number of nitrogens with one attached hydrogen (secondary N) is 1. The van der Waals surface area contributed by atoms with Crippen LogP contribution in [0.4, 0.5) is 11.4 Å². The summed E-state index contributed by atoms with van der Waals surface area (Å²) >= 11 is 1.63. The topological polar surface area (TPSA) is 62.5 Å². The molecule has 1 aliphatic heterocycles. The molecule has 6 nitrogen and oxygen atoms in total. The van der Waals surface area contributed by atoms with E-state index < -0.39 is 0 Å². The van der Waals surface area contributed by atoms with Crippen LogP contribution in [0.1, 0.15) is 23.2 Å². The van der Waals surface area contributed by atoms with Gasteiger partial charge in [-0.15, -0.1) is 11.3 Å². The van der Waals surface area contributed by atoms with E-state index in [9.17, 15) is 4.79 Å². The molecule has 1 amide bonds. The van der Waals surface area contributed by atoms with Crippen molar-refractivity contribution in [3.63, 3.8) is 0 Å². The van der Waals surface area contributed by atoms with E-state index in [4.69, 9.17) is 0 Å². The normalized spacial score (nSPS) is 13.9. The Balaban J connectivity index is 1.40. The van der Waals surface area contributed by atoms with Crippen molar-refractivity contribution in [3.8, 4) is 10.6 Å². The summed E-state index contributed by atoms with van der Waals surface area (Å²) in [5.74, 6) is -0.209. The van der Waals surface area contributed by atoms with Gasteiger partial charge in [0.05, 0.1) is 16.8 Å². The number of thiophene rings is 1. The van der Waals surface area contributed by atoms with E-state index in [1.807, 2.05) is 35.7 Å². The van der Waals surface area contributed by atoms with Gasteiger partial charge in [0.2, 0.25) is 0 Å². The van der Waals surface area contributed by atoms with Crippen LogP contribution >= 0.6 is 11.3 Å². The summed E-state index contributed by atoms with van der Waals surface area (Å²) in [4.78, 5) is 20.6. The summed E-state index contributed by atoms with van der Waals surface area (Å²) in [6, 6.07) is 13.9. The first-order chi connectivity index (χ1) is 13.8. The number of hydrogen-bond donors (Lipinski definition) is 1. The minimum absolute atomic E-state index is 0.209. The Morgan fingerprint density at radius 1 is 1.07 bits per heavy atom. The highest BCUT2D eigenvalue weighted by molar-refractivity contribution is 7.13. The van der Waals surface area contributed by atoms with Gasteiger partial charge in [-0.1, -0.05) is 6.07 Å². The maximum absolute atomic E-state index is 12.8. The molecule has 0 atom stereocenters. The average molecular weight is 389 g/mol. The first-order valence-electron chi connectivity index (χ1n) is 9.32. The number of anilines is 2. The Labute approximate surface area is 166 Å². The molecule has 0 bridgehead atoms. The Hall–Kier alpha value is -3.19. The molecular weight excluding hydrogens is 370 g/mol. The molecule has 0 saturated carbocycles. The number of rotatable bonds is 4. The molecule has 5 rings (SSSR count). The van der Waals surface area contributed by atoms with E-state index >= 15 is 0 Å². The molecule has 7 heteroatoms. The fraction of sp³-hybridized carbons (Fsp3) is 0.190. The van der Waals surface area contributed by atoms with Gasteiger partial charge in [0.1, 0.15) is 5.56 Å². The van der Waals surface area contributed by atoms with Gasteiger partial charge in [-0.3, -0.25) is 4.79 Å². The van der Waals surface area contributed by atoms with Gasteiger partial charge in [-0.05, 0) is 54.6 Å². The van der Waals surface area contributed by atoms with Gasteiger partial charge in [0, 0.05) is 30.7 Å². The molecule has 4 heterocycles. The van der Waals surface area contributed by atoms with Crippen LogP contribution in [0.25, 0.3) is 16.2 Å². The Kier molecular flexibility index (Phi) is 4.29. The lowest BCUT2D eigenvalue weighted by Gasteiger charge is -2.17. The largest absolute Gasteiger partial charge is 0.372 e. The van der Waals surface area contributed by atoms with Crippen molar-refractivity contribution in [1.29, 1.82) is 0 Å². The first kappa shape index (κ1) is 16.9. The second-order valence-corrected chi connectivity index (χ2v) is 7.74. The molecule has 3 aromatic heterocycles. The predicted molar refractivity (Wildman–Crippen MR) is 112 cm³/mol. The first-order valence-corrected chi connectivity index (χ1v) is 10.2. The quantitative estimate of drug-likeness (QED) is 0.565. The highest BCUT2D eigenvalue weighted by Crippen LogP contribution is 2.26. The van der Waals surface area contributed by atoms with Crippen molar-refractivity contribution in [2.45, 2.75) is 12.8 Å². The minimum Gasteiger partial charge on any atom is -0.372 e. The third-order valence-electron chi connectivity index (χ3n) is 5.02. The van der Waals surface area contributed by atoms with Crippen LogP contribution in [0, 0.1) is 0 Å². The van der Waals surface area contributed by atoms with Crippen molar-refractivity contribution in [2.24, 2.45) is 0 Å². The summed E-state index contributed by atoms with van der Waals surface area (Å²) < 4.78 is 1.72. The molecule has 1 aliphatic rings. The summed E-state index contributed by atoms with van der Waals surface area (Å²) in [6.07, 6.45) is 5.78. The van der Waals surface area contributed by atoms with Crippen LogP contribution < -0.4 is 10.2 Å². The summed E-state index contributed by atoms with van der Waals surface area (Å²) in [7, 11) is 0. The molecule has 1 fully saturated rings. The molecule has 0 radical (unpaired) electrons. The van der Waals surface area contributed by atoms with Crippen LogP contribution in [0.2, 0.25) is 0 Å². The van der Waals surface area contributed by atoms with Gasteiger partial charge >= 0.3 is 0 Å². The van der Waals surface area contributed by atoms with Crippen molar-refractivity contribution < 1.29 is 4.79 Å². The molecule has 1 aromatic carbocycles. The molecule has 4 aromatic rings. The van der Waals surface area contributed by atoms with Crippen LogP contribution in [-0.2, 0) is 0 Å². The fourth-order valence-electron chi connectivity index (χ4n) is 3.59. The number of hydrogen-bond acceptors (Lipinski definition) is 5. The van der Waals surface area contributed by atoms with E-state index in [1.54, 1.807) is 28.2 Å². The minimum atomic E-state index is -0.209. The van der Waals surface area contributed by atoms with E-state index in [1.165, 1.54) is 18.5 Å². The Morgan fingerprint density at radius 2 is 1.89 bits per heavy atom. The summed E-state index contributed by atoms with van der Waals surface area (Å²) in [5.41, 5.74) is 3.91. The Bertz CT molecular complexity index is 1110. The van der Waals surface area contributed by atoms with E-state index in [2.05, 4.69) is 32.4 Å². The van der Waals surface area contributed by atoms with E-state index in [0.29, 0.717) is 11.2 Å². The third kappa shape index (κ3) is 3.03. The second kappa shape index (κ2) is 7.09. The smallest absolute Gasteiger partial charge is 0.261 e. The molecule has 1 saturated heterocycles. The second-order valence-electron chi connectivity index (χ2n) is 6.80. The maximum atomic E-state index is 12.8. The highest BCUT2D eigenvalue weighted by Gasteiger charge is 2.17. The molecule has 0 spiro atoms. The lowest BCUT2D eigenvalue weighted by Crippen LogP contribution is -2.17. The SMILES string of the molecule is O=C(Nc1ccc(N2CCCC2)cc1)c1cnn2c(-c3cccs3)ccnc12. The van der Waals surface area contributed by atoms with Crippen molar-refractivity contribution in [3.05, 3.63) is 65.8 Å². The number of nitrogens with zero attached hydrogens (tertiary/aromatic N) is 4. The van der Waals surface area contributed by atoms with E-state index in [-0.39, 0.29) is 5.91 Å². The lowest BCUT2D eigenvalue weighted by atomic mass is 10.2. The standard InChI is InChI=1S/C21H19N5OS/c27-21(24-15-5-7-16(8-6-15)25-11-1-2-12-25)17-14-23-26-18(9-10-22-20(17)26)19-4-3-13-28-19/h3-10,13-14H,1-2,11-12H2,(H,24,27). The number of carbonyl (C=O) groups is 1. The third-order valence-corrected chi connectivity index (χ3v) is 5.91. The van der Waals surface area contributed by atoms with Crippen molar-refractivity contribution in [1.82, 2.24) is 14.6 Å². The lowest BCUT2D eigenvalue weighted by molar-refractivity contribution is 0.102. The fourth-order valence-corrected chi connectivity index (χ4v) is 4.33. The number of amides is 1. The number of fused-ring (bicyclic) bond motifs is 1. The summed E-state index contributed by atoms with van der Waals surface area (Å²) in [6.45, 7) is 2.21. The number of carbonyl (C=O) groups excluding carboxylic acids is 1. The molecule has 140 valence electrons. The maximum Gasteiger partial charge on any atom is 0.261 e. The monoisotopic (exact) mass is 389 g/mol.